The molecule has 3 rings (SSSR count). The summed E-state index contributed by atoms with van der Waals surface area (Å²) < 4.78 is 5.22. The standard InChI is InChI=1S/C16H17N3O4S/c1-10(12-4-3-6-23-12)17-13(20)8-19-14(21)16(2,18-15(19)22)11-5-7-24-9-11/h3-7,9-10H,8H2,1-2H3,(H,17,20)(H,18,22)/t10-,16+/m0/s1. The molecule has 1 fully saturated rings. The van der Waals surface area contributed by atoms with Gasteiger partial charge in [-0.25, -0.2) is 4.79 Å². The van der Waals surface area contributed by atoms with Crippen LogP contribution in [0.4, 0.5) is 4.79 Å². The maximum Gasteiger partial charge on any atom is 0.325 e. The minimum Gasteiger partial charge on any atom is -0.467 e. The lowest BCUT2D eigenvalue weighted by Crippen LogP contribution is -2.43. The highest BCUT2D eigenvalue weighted by Gasteiger charge is 2.49. The van der Waals surface area contributed by atoms with Crippen molar-refractivity contribution in [2.75, 3.05) is 6.54 Å². The summed E-state index contributed by atoms with van der Waals surface area (Å²) in [5.74, 6) is -0.271. The molecular formula is C16H17N3O4S. The summed E-state index contributed by atoms with van der Waals surface area (Å²) in [5.41, 5.74) is -0.429. The molecule has 0 unspecified atom stereocenters. The Morgan fingerprint density at radius 2 is 2.25 bits per heavy atom. The van der Waals surface area contributed by atoms with Crippen molar-refractivity contribution in [2.45, 2.75) is 25.4 Å². The number of thiophene rings is 1. The second-order valence-electron chi connectivity index (χ2n) is 5.76. The second-order valence-corrected chi connectivity index (χ2v) is 6.54. The number of hydrogen-bond acceptors (Lipinski definition) is 5. The number of urea groups is 1. The second kappa shape index (κ2) is 6.12. The van der Waals surface area contributed by atoms with Crippen molar-refractivity contribution in [3.05, 3.63) is 46.5 Å². The summed E-state index contributed by atoms with van der Waals surface area (Å²) >= 11 is 1.44. The highest BCUT2D eigenvalue weighted by molar-refractivity contribution is 7.08. The monoisotopic (exact) mass is 347 g/mol. The van der Waals surface area contributed by atoms with Crippen LogP contribution in [0.1, 0.15) is 31.2 Å². The highest BCUT2D eigenvalue weighted by atomic mass is 32.1. The Labute approximate surface area is 142 Å². The van der Waals surface area contributed by atoms with E-state index >= 15 is 0 Å². The first-order chi connectivity index (χ1) is 11.4. The SMILES string of the molecule is C[C@H](NC(=O)CN1C(=O)N[C@](C)(c2ccsc2)C1=O)c1ccco1. The van der Waals surface area contributed by atoms with Gasteiger partial charge in [-0.2, -0.15) is 11.3 Å². The van der Waals surface area contributed by atoms with E-state index in [1.807, 2.05) is 5.38 Å². The van der Waals surface area contributed by atoms with Crippen LogP contribution in [0.25, 0.3) is 0 Å². The van der Waals surface area contributed by atoms with Gasteiger partial charge in [0.1, 0.15) is 17.8 Å². The smallest absolute Gasteiger partial charge is 0.325 e. The molecular weight excluding hydrogens is 330 g/mol. The molecule has 0 saturated carbocycles. The Balaban J connectivity index is 1.68. The first-order valence-corrected chi connectivity index (χ1v) is 8.35. The number of amides is 4. The molecule has 0 radical (unpaired) electrons. The van der Waals surface area contributed by atoms with E-state index in [1.54, 1.807) is 37.4 Å². The van der Waals surface area contributed by atoms with E-state index in [0.29, 0.717) is 11.3 Å². The van der Waals surface area contributed by atoms with E-state index in [-0.39, 0.29) is 12.6 Å². The number of hydrogen-bond donors (Lipinski definition) is 2. The number of rotatable bonds is 5. The third kappa shape index (κ3) is 2.80. The van der Waals surface area contributed by atoms with Crippen LogP contribution < -0.4 is 10.6 Å². The van der Waals surface area contributed by atoms with Gasteiger partial charge in [0.15, 0.2) is 0 Å². The quantitative estimate of drug-likeness (QED) is 0.809. The van der Waals surface area contributed by atoms with Gasteiger partial charge in [-0.05, 0) is 48.4 Å². The zero-order chi connectivity index (χ0) is 17.3. The van der Waals surface area contributed by atoms with Gasteiger partial charge in [0.05, 0.1) is 12.3 Å². The van der Waals surface area contributed by atoms with E-state index in [9.17, 15) is 14.4 Å². The van der Waals surface area contributed by atoms with Gasteiger partial charge in [0.2, 0.25) is 5.91 Å². The van der Waals surface area contributed by atoms with Gasteiger partial charge < -0.3 is 15.1 Å². The number of nitrogens with zero attached hydrogens (tertiary/aromatic N) is 1. The number of furan rings is 1. The van der Waals surface area contributed by atoms with Gasteiger partial charge in [-0.15, -0.1) is 0 Å². The molecule has 2 atom stereocenters. The van der Waals surface area contributed by atoms with Crippen molar-refractivity contribution >= 4 is 29.2 Å². The zero-order valence-corrected chi connectivity index (χ0v) is 14.1. The van der Waals surface area contributed by atoms with Crippen molar-refractivity contribution in [1.29, 1.82) is 0 Å². The van der Waals surface area contributed by atoms with Crippen molar-refractivity contribution in [1.82, 2.24) is 15.5 Å². The molecule has 1 aliphatic rings. The van der Waals surface area contributed by atoms with Crippen LogP contribution in [0.2, 0.25) is 0 Å². The van der Waals surface area contributed by atoms with Crippen LogP contribution in [0, 0.1) is 0 Å². The summed E-state index contributed by atoms with van der Waals surface area (Å²) in [4.78, 5) is 37.9. The molecule has 1 aliphatic heterocycles. The van der Waals surface area contributed by atoms with Crippen molar-refractivity contribution in [2.24, 2.45) is 0 Å². The molecule has 2 N–H and O–H groups in total. The van der Waals surface area contributed by atoms with E-state index in [2.05, 4.69) is 10.6 Å². The molecule has 0 aromatic carbocycles. The van der Waals surface area contributed by atoms with Gasteiger partial charge in [0.25, 0.3) is 5.91 Å². The van der Waals surface area contributed by atoms with Crippen LogP contribution in [-0.2, 0) is 15.1 Å². The first kappa shape index (κ1) is 16.3. The maximum atomic E-state index is 12.6. The van der Waals surface area contributed by atoms with E-state index < -0.39 is 23.4 Å². The minimum absolute atomic E-state index is 0.338. The number of carbonyl (C=O) groups is 3. The zero-order valence-electron chi connectivity index (χ0n) is 13.2. The van der Waals surface area contributed by atoms with Crippen LogP contribution in [0.5, 0.6) is 0 Å². The largest absolute Gasteiger partial charge is 0.467 e. The van der Waals surface area contributed by atoms with E-state index in [4.69, 9.17) is 4.42 Å². The summed E-state index contributed by atoms with van der Waals surface area (Å²) in [6.45, 7) is 3.06. The summed E-state index contributed by atoms with van der Waals surface area (Å²) in [7, 11) is 0. The fourth-order valence-electron chi connectivity index (χ4n) is 2.62. The molecule has 7 nitrogen and oxygen atoms in total. The molecule has 2 aromatic heterocycles. The first-order valence-electron chi connectivity index (χ1n) is 7.41. The average molecular weight is 347 g/mol. The fourth-order valence-corrected chi connectivity index (χ4v) is 3.39. The molecule has 8 heteroatoms. The van der Waals surface area contributed by atoms with Gasteiger partial charge in [0, 0.05) is 0 Å². The van der Waals surface area contributed by atoms with Gasteiger partial charge >= 0.3 is 6.03 Å². The van der Waals surface area contributed by atoms with Crippen LogP contribution in [0.3, 0.4) is 0 Å². The lowest BCUT2D eigenvalue weighted by atomic mass is 9.95. The molecule has 126 valence electrons. The van der Waals surface area contributed by atoms with Gasteiger partial charge in [-0.3, -0.25) is 14.5 Å². The molecule has 2 aromatic rings. The average Bonchev–Trinajstić information content (AvgIpc) is 3.26. The molecule has 0 spiro atoms. The Hall–Kier alpha value is -2.61. The predicted molar refractivity (Wildman–Crippen MR) is 87.2 cm³/mol. The summed E-state index contributed by atoms with van der Waals surface area (Å²) in [5, 5.41) is 9.01. The Morgan fingerprint density at radius 1 is 1.46 bits per heavy atom. The van der Waals surface area contributed by atoms with Crippen molar-refractivity contribution in [3.63, 3.8) is 0 Å². The third-order valence-electron chi connectivity index (χ3n) is 4.02. The Morgan fingerprint density at radius 3 is 2.88 bits per heavy atom. The fraction of sp³-hybridized carbons (Fsp3) is 0.312. The highest BCUT2D eigenvalue weighted by Crippen LogP contribution is 2.30. The Bertz CT molecular complexity index is 756. The molecule has 24 heavy (non-hydrogen) atoms. The summed E-state index contributed by atoms with van der Waals surface area (Å²) in [6.07, 6.45) is 1.52. The summed E-state index contributed by atoms with van der Waals surface area (Å²) in [6, 6.07) is 4.32. The molecule has 0 aliphatic carbocycles. The minimum atomic E-state index is -1.13. The third-order valence-corrected chi connectivity index (χ3v) is 4.71. The number of nitrogens with one attached hydrogen (secondary N) is 2. The topological polar surface area (TPSA) is 91.7 Å². The van der Waals surface area contributed by atoms with Crippen LogP contribution in [0.15, 0.2) is 39.6 Å². The number of imide groups is 1. The normalized spacial score (nSPS) is 21.7. The molecule has 3 heterocycles. The van der Waals surface area contributed by atoms with Gasteiger partial charge in [-0.1, -0.05) is 0 Å². The molecule has 1 saturated heterocycles. The van der Waals surface area contributed by atoms with Crippen molar-refractivity contribution in [3.8, 4) is 0 Å². The molecule has 4 amide bonds. The van der Waals surface area contributed by atoms with Crippen LogP contribution >= 0.6 is 11.3 Å². The predicted octanol–water partition coefficient (Wildman–Crippen LogP) is 1.99. The number of carbonyl (C=O) groups excluding carboxylic acids is 3. The lowest BCUT2D eigenvalue weighted by Gasteiger charge is -2.20. The van der Waals surface area contributed by atoms with E-state index in [0.717, 1.165) is 4.90 Å². The van der Waals surface area contributed by atoms with Crippen molar-refractivity contribution < 1.29 is 18.8 Å². The lowest BCUT2D eigenvalue weighted by molar-refractivity contribution is -0.135. The molecule has 0 bridgehead atoms. The van der Waals surface area contributed by atoms with E-state index in [1.165, 1.54) is 17.6 Å². The van der Waals surface area contributed by atoms with Crippen LogP contribution in [-0.4, -0.2) is 29.3 Å². The Kier molecular flexibility index (Phi) is 4.15. The maximum absolute atomic E-state index is 12.6.